The summed E-state index contributed by atoms with van der Waals surface area (Å²) in [5, 5.41) is 8.85. The summed E-state index contributed by atoms with van der Waals surface area (Å²) in [6.07, 6.45) is 2.72. The van der Waals surface area contributed by atoms with Gasteiger partial charge in [0.2, 0.25) is 11.8 Å². The molecular weight excluding hydrogens is 658 g/mol. The van der Waals surface area contributed by atoms with Gasteiger partial charge in [-0.15, -0.1) is 0 Å². The average molecular weight is 708 g/mol. The molecule has 0 saturated heterocycles. The van der Waals surface area contributed by atoms with E-state index in [0.29, 0.717) is 42.0 Å². The van der Waals surface area contributed by atoms with Crippen LogP contribution >= 0.6 is 0 Å². The molecule has 1 atom stereocenters. The SMILES string of the molecule is Cc1cc2[nH]c(C(C)C)nc2cc1-c1ccc(CC(NC(=O)C2CCC(CNC(=O)OC(C)(C)C)CC2)C(=O)Nc2ccc3[nH]c(=O)[nH]c3c2)cc1. The molecule has 1 aliphatic carbocycles. The first-order valence-corrected chi connectivity index (χ1v) is 18.1. The number of carbonyl (C=O) groups is 3. The van der Waals surface area contributed by atoms with Crippen LogP contribution in [0.2, 0.25) is 0 Å². The lowest BCUT2D eigenvalue weighted by Crippen LogP contribution is -2.48. The highest BCUT2D eigenvalue weighted by Gasteiger charge is 2.30. The number of imidazole rings is 2. The standard InChI is InChI=1S/C40H49N7O5/c1-22(2)35-43-31-17-23(3)29(20-33(31)44-35)26-11-7-24(8-12-26)18-34(37(49)42-28-15-16-30-32(19-28)47-38(50)46-30)45-36(48)27-13-9-25(10-14-27)21-41-39(51)52-40(4,5)6/h7-8,11-12,15-17,19-20,22,25,27,34H,9-10,13-14,18,21H2,1-6H3,(H,41,51)(H,42,49)(H,43,44)(H,45,48)(H2,46,47,50). The van der Waals surface area contributed by atoms with Gasteiger partial charge in [0.1, 0.15) is 17.5 Å². The molecule has 1 fully saturated rings. The van der Waals surface area contributed by atoms with Crippen molar-refractivity contribution in [2.75, 3.05) is 11.9 Å². The molecule has 6 N–H and O–H groups in total. The van der Waals surface area contributed by atoms with E-state index in [-0.39, 0.29) is 35.8 Å². The molecule has 52 heavy (non-hydrogen) atoms. The van der Waals surface area contributed by atoms with Gasteiger partial charge < -0.3 is 35.6 Å². The number of ether oxygens (including phenoxy) is 1. The first kappa shape index (κ1) is 36.4. The van der Waals surface area contributed by atoms with Gasteiger partial charge in [0.25, 0.3) is 0 Å². The number of aromatic nitrogens is 4. The second kappa shape index (κ2) is 15.1. The number of nitrogens with one attached hydrogen (secondary N) is 6. The minimum atomic E-state index is -0.845. The molecule has 0 spiro atoms. The van der Waals surface area contributed by atoms with Gasteiger partial charge in [-0.05, 0) is 112 Å². The fourth-order valence-corrected chi connectivity index (χ4v) is 6.83. The Labute approximate surface area is 302 Å². The van der Waals surface area contributed by atoms with E-state index in [2.05, 4.69) is 63.8 Å². The number of H-pyrrole nitrogens is 3. The molecule has 3 amide bonds. The van der Waals surface area contributed by atoms with E-state index in [1.165, 1.54) is 0 Å². The van der Waals surface area contributed by atoms with Crippen LogP contribution in [-0.4, -0.2) is 56.0 Å². The zero-order chi connectivity index (χ0) is 37.2. The van der Waals surface area contributed by atoms with Crippen molar-refractivity contribution in [1.29, 1.82) is 0 Å². The minimum Gasteiger partial charge on any atom is -0.444 e. The van der Waals surface area contributed by atoms with Gasteiger partial charge >= 0.3 is 11.8 Å². The van der Waals surface area contributed by atoms with Crippen LogP contribution in [0.25, 0.3) is 33.2 Å². The quantitative estimate of drug-likeness (QED) is 0.0928. The summed E-state index contributed by atoms with van der Waals surface area (Å²) in [5.74, 6) is 0.740. The predicted molar refractivity (Wildman–Crippen MR) is 203 cm³/mol. The van der Waals surface area contributed by atoms with E-state index in [0.717, 1.165) is 52.0 Å². The fourth-order valence-electron chi connectivity index (χ4n) is 6.83. The predicted octanol–water partition coefficient (Wildman–Crippen LogP) is 6.83. The van der Waals surface area contributed by atoms with Crippen molar-refractivity contribution in [3.05, 3.63) is 82.0 Å². The summed E-state index contributed by atoms with van der Waals surface area (Å²) >= 11 is 0. The monoisotopic (exact) mass is 707 g/mol. The molecule has 12 nitrogen and oxygen atoms in total. The Hall–Kier alpha value is -5.39. The van der Waals surface area contributed by atoms with Crippen LogP contribution in [0.15, 0.2) is 59.4 Å². The molecule has 0 aliphatic heterocycles. The first-order valence-electron chi connectivity index (χ1n) is 18.1. The normalized spacial score (nSPS) is 16.9. The lowest BCUT2D eigenvalue weighted by molar-refractivity contribution is -0.130. The number of carbonyl (C=O) groups excluding carboxylic acids is 3. The summed E-state index contributed by atoms with van der Waals surface area (Å²) < 4.78 is 5.35. The van der Waals surface area contributed by atoms with Gasteiger partial charge in [0, 0.05) is 30.5 Å². The van der Waals surface area contributed by atoms with Crippen molar-refractivity contribution < 1.29 is 19.1 Å². The molecule has 1 aliphatic rings. The molecule has 2 heterocycles. The molecule has 0 radical (unpaired) electrons. The van der Waals surface area contributed by atoms with Crippen molar-refractivity contribution >= 4 is 45.7 Å². The summed E-state index contributed by atoms with van der Waals surface area (Å²) in [6, 6.07) is 16.6. The molecule has 0 bridgehead atoms. The van der Waals surface area contributed by atoms with Crippen molar-refractivity contribution in [3.63, 3.8) is 0 Å². The Morgan fingerprint density at radius 2 is 1.62 bits per heavy atom. The fraction of sp³-hybridized carbons (Fsp3) is 0.425. The van der Waals surface area contributed by atoms with E-state index < -0.39 is 17.7 Å². The van der Waals surface area contributed by atoms with Crippen molar-refractivity contribution in [3.8, 4) is 11.1 Å². The second-order valence-electron chi connectivity index (χ2n) is 15.4. The van der Waals surface area contributed by atoms with Crippen molar-refractivity contribution in [2.45, 2.75) is 91.2 Å². The van der Waals surface area contributed by atoms with Crippen molar-refractivity contribution in [1.82, 2.24) is 30.6 Å². The first-order chi connectivity index (χ1) is 24.7. The Bertz CT molecular complexity index is 2130. The number of aryl methyl sites for hydroxylation is 1. The topological polar surface area (TPSA) is 174 Å². The lowest BCUT2D eigenvalue weighted by Gasteiger charge is -2.29. The summed E-state index contributed by atoms with van der Waals surface area (Å²) in [4.78, 5) is 65.0. The largest absolute Gasteiger partial charge is 0.444 e. The zero-order valence-electron chi connectivity index (χ0n) is 30.7. The molecule has 1 unspecified atom stereocenters. The molecule has 274 valence electrons. The molecule has 12 heteroatoms. The molecule has 5 aromatic rings. The Morgan fingerprint density at radius 3 is 2.31 bits per heavy atom. The van der Waals surface area contributed by atoms with Crippen LogP contribution in [0, 0.1) is 18.8 Å². The number of anilines is 1. The van der Waals surface area contributed by atoms with Crippen LogP contribution in [0.3, 0.4) is 0 Å². The van der Waals surface area contributed by atoms with Crippen molar-refractivity contribution in [2.24, 2.45) is 11.8 Å². The second-order valence-corrected chi connectivity index (χ2v) is 15.4. The van der Waals surface area contributed by atoms with E-state index in [4.69, 9.17) is 9.72 Å². The highest BCUT2D eigenvalue weighted by molar-refractivity contribution is 5.99. The van der Waals surface area contributed by atoms with Gasteiger partial charge in [-0.1, -0.05) is 38.1 Å². The molecule has 2 aromatic heterocycles. The number of aromatic amines is 3. The smallest absolute Gasteiger partial charge is 0.407 e. The van der Waals surface area contributed by atoms with E-state index >= 15 is 0 Å². The average Bonchev–Trinajstić information content (AvgIpc) is 3.68. The van der Waals surface area contributed by atoms with Crippen LogP contribution < -0.4 is 21.6 Å². The zero-order valence-corrected chi connectivity index (χ0v) is 30.7. The number of hydrogen-bond acceptors (Lipinski definition) is 6. The summed E-state index contributed by atoms with van der Waals surface area (Å²) in [5.41, 5.74) is 6.88. The Morgan fingerprint density at radius 1 is 0.904 bits per heavy atom. The number of amides is 3. The molecular formula is C40H49N7O5. The Balaban J connectivity index is 1.15. The van der Waals surface area contributed by atoms with Crippen LogP contribution in [0.4, 0.5) is 10.5 Å². The van der Waals surface area contributed by atoms with Gasteiger partial charge in [0.15, 0.2) is 0 Å². The number of hydrogen-bond donors (Lipinski definition) is 6. The van der Waals surface area contributed by atoms with Gasteiger partial charge in [-0.2, -0.15) is 0 Å². The van der Waals surface area contributed by atoms with E-state index in [1.54, 1.807) is 18.2 Å². The van der Waals surface area contributed by atoms with Gasteiger partial charge in [-0.3, -0.25) is 9.59 Å². The summed E-state index contributed by atoms with van der Waals surface area (Å²) in [7, 11) is 0. The maximum absolute atomic E-state index is 13.8. The molecule has 3 aromatic carbocycles. The van der Waals surface area contributed by atoms with E-state index in [9.17, 15) is 19.2 Å². The third kappa shape index (κ3) is 8.90. The van der Waals surface area contributed by atoms with Crippen LogP contribution in [0.1, 0.15) is 83.2 Å². The highest BCUT2D eigenvalue weighted by atomic mass is 16.6. The van der Waals surface area contributed by atoms with Gasteiger partial charge in [-0.25, -0.2) is 14.6 Å². The number of benzene rings is 3. The molecule has 6 rings (SSSR count). The Kier molecular flexibility index (Phi) is 10.5. The lowest BCUT2D eigenvalue weighted by atomic mass is 9.81. The highest BCUT2D eigenvalue weighted by Crippen LogP contribution is 2.31. The number of alkyl carbamates (subject to hydrolysis) is 1. The number of nitrogens with zero attached hydrogens (tertiary/aromatic N) is 1. The number of fused-ring (bicyclic) bond motifs is 2. The van der Waals surface area contributed by atoms with Crippen LogP contribution in [-0.2, 0) is 20.7 Å². The van der Waals surface area contributed by atoms with E-state index in [1.807, 2.05) is 45.0 Å². The van der Waals surface area contributed by atoms with Crippen LogP contribution in [0.5, 0.6) is 0 Å². The van der Waals surface area contributed by atoms with Gasteiger partial charge in [0.05, 0.1) is 22.1 Å². The molecule has 1 saturated carbocycles. The third-order valence-electron chi connectivity index (χ3n) is 9.67. The summed E-state index contributed by atoms with van der Waals surface area (Å²) in [6.45, 7) is 12.3. The number of rotatable bonds is 10. The maximum Gasteiger partial charge on any atom is 0.407 e. The maximum atomic E-state index is 13.8. The third-order valence-corrected chi connectivity index (χ3v) is 9.67. The minimum absolute atomic E-state index is 0.163.